The molecule has 0 aliphatic heterocycles. The number of carbonyl (C=O) groups excluding carboxylic acids is 1. The van der Waals surface area contributed by atoms with Crippen molar-refractivity contribution >= 4 is 34.7 Å². The van der Waals surface area contributed by atoms with Gasteiger partial charge in [-0.2, -0.15) is 0 Å². The summed E-state index contributed by atoms with van der Waals surface area (Å²) in [6, 6.07) is 1.68. The van der Waals surface area contributed by atoms with Crippen LogP contribution < -0.4 is 5.73 Å². The molecule has 1 aromatic rings. The first kappa shape index (κ1) is 12.8. The van der Waals surface area contributed by atoms with Crippen LogP contribution in [0.2, 0.25) is 5.02 Å². The fraction of sp³-hybridized carbons (Fsp3) is 0.333. The van der Waals surface area contributed by atoms with E-state index < -0.39 is 0 Å². The molecule has 0 saturated heterocycles. The Hall–Kier alpha value is -1.27. The third-order valence-corrected chi connectivity index (χ3v) is 3.32. The minimum absolute atomic E-state index is 0.0944. The van der Waals surface area contributed by atoms with E-state index >= 15 is 0 Å². The lowest BCUT2D eigenvalue weighted by Gasteiger charge is -2.15. The van der Waals surface area contributed by atoms with Crippen LogP contribution in [0.25, 0.3) is 0 Å². The highest BCUT2D eigenvalue weighted by Gasteiger charge is 2.16. The zero-order valence-corrected chi connectivity index (χ0v) is 10.3. The Morgan fingerprint density at radius 3 is 2.94 bits per heavy atom. The van der Waals surface area contributed by atoms with Crippen LogP contribution in [0.5, 0.6) is 0 Å². The molecule has 0 fully saturated rings. The predicted octanol–water partition coefficient (Wildman–Crippen LogP) is 1.61. The average molecular weight is 262 g/mol. The van der Waals surface area contributed by atoms with Crippen LogP contribution in [0.4, 0.5) is 0 Å². The Balaban J connectivity index is 2.58. The van der Waals surface area contributed by atoms with E-state index in [1.54, 1.807) is 18.5 Å². The molecule has 1 rings (SSSR count). The molecule has 88 valence electrons. The summed E-state index contributed by atoms with van der Waals surface area (Å²) in [7, 11) is 1.64. The van der Waals surface area contributed by atoms with Crippen LogP contribution in [-0.4, -0.2) is 35.4 Å². The summed E-state index contributed by atoms with van der Waals surface area (Å²) in [4.78, 5) is 13.8. The number of hydrogen-bond acceptors (Lipinski definition) is 4. The van der Waals surface area contributed by atoms with Gasteiger partial charge in [-0.05, 0) is 11.4 Å². The topological polar surface area (TPSA) is 78.9 Å². The zero-order chi connectivity index (χ0) is 12.1. The van der Waals surface area contributed by atoms with Crippen molar-refractivity contribution in [3.8, 4) is 0 Å². The molecule has 0 spiro atoms. The maximum absolute atomic E-state index is 11.8. The normalized spacial score (nSPS) is 11.5. The number of rotatable bonds is 4. The lowest BCUT2D eigenvalue weighted by molar-refractivity contribution is 0.0803. The molecule has 0 aliphatic carbocycles. The van der Waals surface area contributed by atoms with Crippen LogP contribution in [0.3, 0.4) is 0 Å². The van der Waals surface area contributed by atoms with Gasteiger partial charge in [-0.3, -0.25) is 4.79 Å². The highest BCUT2D eigenvalue weighted by molar-refractivity contribution is 7.12. The number of hydrogen-bond donors (Lipinski definition) is 2. The van der Waals surface area contributed by atoms with Gasteiger partial charge in [-0.25, -0.2) is 0 Å². The summed E-state index contributed by atoms with van der Waals surface area (Å²) < 4.78 is 0. The molecular formula is C9H12ClN3O2S. The first-order valence-corrected chi connectivity index (χ1v) is 5.77. The van der Waals surface area contributed by atoms with Crippen LogP contribution >= 0.6 is 22.9 Å². The Morgan fingerprint density at radius 1 is 1.75 bits per heavy atom. The Kier molecular flexibility index (Phi) is 4.57. The van der Waals surface area contributed by atoms with Gasteiger partial charge in [-0.15, -0.1) is 11.3 Å². The number of nitrogens with zero attached hydrogens (tertiary/aromatic N) is 2. The molecule has 0 aliphatic rings. The fourth-order valence-corrected chi connectivity index (χ4v) is 2.18. The van der Waals surface area contributed by atoms with E-state index in [0.29, 0.717) is 22.9 Å². The Morgan fingerprint density at radius 2 is 2.44 bits per heavy atom. The summed E-state index contributed by atoms with van der Waals surface area (Å²) in [5, 5.41) is 13.4. The highest BCUT2D eigenvalue weighted by Crippen LogP contribution is 2.23. The van der Waals surface area contributed by atoms with Crippen LogP contribution in [0.15, 0.2) is 16.6 Å². The molecule has 5 nitrogen and oxygen atoms in total. The fourth-order valence-electron chi connectivity index (χ4n) is 1.05. The van der Waals surface area contributed by atoms with Crippen molar-refractivity contribution < 1.29 is 10.0 Å². The molecular weight excluding hydrogens is 250 g/mol. The predicted molar refractivity (Wildman–Crippen MR) is 64.3 cm³/mol. The van der Waals surface area contributed by atoms with Gasteiger partial charge in [-0.1, -0.05) is 16.8 Å². The van der Waals surface area contributed by atoms with Gasteiger partial charge in [0.15, 0.2) is 0 Å². The van der Waals surface area contributed by atoms with Crippen molar-refractivity contribution in [1.29, 1.82) is 0 Å². The second-order valence-electron chi connectivity index (χ2n) is 3.17. The van der Waals surface area contributed by atoms with Crippen molar-refractivity contribution in [2.24, 2.45) is 10.9 Å². The van der Waals surface area contributed by atoms with E-state index in [0.717, 1.165) is 0 Å². The van der Waals surface area contributed by atoms with E-state index in [9.17, 15) is 4.79 Å². The Labute approximate surface area is 102 Å². The molecule has 3 N–H and O–H groups in total. The molecule has 0 atom stereocenters. The molecule has 16 heavy (non-hydrogen) atoms. The standard InChI is InChI=1S/C9H12ClN3O2S/c1-13(4-2-7(11)12-15)9(14)8-6(10)3-5-16-8/h3,5,15H,2,4H2,1H3,(H2,11,12). The molecule has 0 unspecified atom stereocenters. The lowest BCUT2D eigenvalue weighted by atomic mass is 10.3. The van der Waals surface area contributed by atoms with Gasteiger partial charge in [0.1, 0.15) is 10.7 Å². The second-order valence-corrected chi connectivity index (χ2v) is 4.49. The van der Waals surface area contributed by atoms with E-state index in [2.05, 4.69) is 5.16 Å². The summed E-state index contributed by atoms with van der Waals surface area (Å²) in [5.74, 6) is -0.0670. The number of amides is 1. The van der Waals surface area contributed by atoms with Crippen LogP contribution in [0, 0.1) is 0 Å². The van der Waals surface area contributed by atoms with Crippen molar-refractivity contribution in [3.05, 3.63) is 21.3 Å². The second kappa shape index (κ2) is 5.72. The summed E-state index contributed by atoms with van der Waals surface area (Å²) in [6.07, 6.45) is 0.321. The molecule has 1 heterocycles. The quantitative estimate of drug-likeness (QED) is 0.374. The van der Waals surface area contributed by atoms with Gasteiger partial charge >= 0.3 is 0 Å². The van der Waals surface area contributed by atoms with Crippen molar-refractivity contribution in [3.63, 3.8) is 0 Å². The van der Waals surface area contributed by atoms with E-state index in [-0.39, 0.29) is 11.7 Å². The van der Waals surface area contributed by atoms with Gasteiger partial charge in [0.05, 0.1) is 5.02 Å². The van der Waals surface area contributed by atoms with Crippen LogP contribution in [0.1, 0.15) is 16.1 Å². The SMILES string of the molecule is CN(CC/C(N)=N/O)C(=O)c1sccc1Cl. The number of halogens is 1. The molecule has 7 heteroatoms. The minimum atomic E-state index is -0.161. The number of nitrogens with two attached hydrogens (primary N) is 1. The largest absolute Gasteiger partial charge is 0.409 e. The first-order chi connectivity index (χ1) is 7.56. The number of amidine groups is 1. The number of carbonyl (C=O) groups is 1. The maximum Gasteiger partial charge on any atom is 0.265 e. The summed E-state index contributed by atoms with van der Waals surface area (Å²) >= 11 is 7.14. The monoisotopic (exact) mass is 261 g/mol. The lowest BCUT2D eigenvalue weighted by Crippen LogP contribution is -2.30. The summed E-state index contributed by atoms with van der Waals surface area (Å²) in [6.45, 7) is 0.378. The zero-order valence-electron chi connectivity index (χ0n) is 8.68. The Bertz CT molecular complexity index is 405. The molecule has 1 amide bonds. The number of oxime groups is 1. The third kappa shape index (κ3) is 3.11. The van der Waals surface area contributed by atoms with Crippen molar-refractivity contribution in [1.82, 2.24) is 4.90 Å². The molecule has 0 radical (unpaired) electrons. The molecule has 0 aromatic carbocycles. The van der Waals surface area contributed by atoms with E-state index in [4.69, 9.17) is 22.5 Å². The smallest absolute Gasteiger partial charge is 0.265 e. The highest BCUT2D eigenvalue weighted by atomic mass is 35.5. The molecule has 0 bridgehead atoms. The van der Waals surface area contributed by atoms with E-state index in [1.807, 2.05) is 0 Å². The average Bonchev–Trinajstić information content (AvgIpc) is 2.70. The third-order valence-electron chi connectivity index (χ3n) is 1.99. The maximum atomic E-state index is 11.8. The first-order valence-electron chi connectivity index (χ1n) is 4.51. The van der Waals surface area contributed by atoms with Gasteiger partial charge in [0.2, 0.25) is 0 Å². The van der Waals surface area contributed by atoms with Gasteiger partial charge < -0.3 is 15.8 Å². The van der Waals surface area contributed by atoms with Crippen molar-refractivity contribution in [2.75, 3.05) is 13.6 Å². The van der Waals surface area contributed by atoms with Crippen molar-refractivity contribution in [2.45, 2.75) is 6.42 Å². The number of thiophene rings is 1. The van der Waals surface area contributed by atoms with Gasteiger partial charge in [0, 0.05) is 20.0 Å². The minimum Gasteiger partial charge on any atom is -0.409 e. The molecule has 1 aromatic heterocycles. The summed E-state index contributed by atoms with van der Waals surface area (Å²) in [5.41, 5.74) is 5.31. The van der Waals surface area contributed by atoms with Crippen LogP contribution in [-0.2, 0) is 0 Å². The van der Waals surface area contributed by atoms with E-state index in [1.165, 1.54) is 16.2 Å². The van der Waals surface area contributed by atoms with Gasteiger partial charge in [0.25, 0.3) is 5.91 Å². The molecule has 0 saturated carbocycles.